The van der Waals surface area contributed by atoms with Crippen LogP contribution in [0.4, 0.5) is 22.7 Å². The topological polar surface area (TPSA) is 123 Å². The lowest BCUT2D eigenvalue weighted by molar-refractivity contribution is -0.384. The third kappa shape index (κ3) is 5.47. The number of rotatable bonds is 7. The highest BCUT2D eigenvalue weighted by Gasteiger charge is 2.20. The third-order valence-corrected chi connectivity index (χ3v) is 6.62. The number of sulfonamides is 1. The van der Waals surface area contributed by atoms with Crippen molar-refractivity contribution in [1.82, 2.24) is 0 Å². The summed E-state index contributed by atoms with van der Waals surface area (Å²) < 4.78 is 33.8. The van der Waals surface area contributed by atoms with Crippen molar-refractivity contribution < 1.29 is 18.1 Å². The monoisotopic (exact) mass is 488 g/mol. The number of hydrogen-bond acceptors (Lipinski definition) is 7. The van der Waals surface area contributed by atoms with Crippen molar-refractivity contribution in [3.05, 3.63) is 80.4 Å². The summed E-state index contributed by atoms with van der Waals surface area (Å²) in [4.78, 5) is 10.5. The first kappa shape index (κ1) is 24.1. The van der Waals surface area contributed by atoms with E-state index in [1.54, 1.807) is 38.1 Å². The first-order valence-electron chi connectivity index (χ1n) is 9.66. The average molecular weight is 489 g/mol. The Bertz CT molecular complexity index is 1370. The smallest absolute Gasteiger partial charge is 0.271 e. The molecule has 0 aliphatic rings. The average Bonchev–Trinajstić information content (AvgIpc) is 2.73. The van der Waals surface area contributed by atoms with Crippen molar-refractivity contribution in [2.24, 2.45) is 10.2 Å². The van der Waals surface area contributed by atoms with Gasteiger partial charge in [0.05, 0.1) is 33.3 Å². The Morgan fingerprint density at radius 1 is 0.970 bits per heavy atom. The number of halogens is 1. The molecule has 0 unspecified atom stereocenters. The summed E-state index contributed by atoms with van der Waals surface area (Å²) in [6.45, 7) is 5.36. The summed E-state index contributed by atoms with van der Waals surface area (Å²) in [6.07, 6.45) is 0. The van der Waals surface area contributed by atoms with Crippen molar-refractivity contribution in [3.63, 3.8) is 0 Å². The highest BCUT2D eigenvalue weighted by atomic mass is 35.5. The van der Waals surface area contributed by atoms with Crippen LogP contribution in [-0.2, 0) is 10.0 Å². The molecule has 0 saturated heterocycles. The molecular formula is C22H21ClN4O5S. The largest absolute Gasteiger partial charge is 0.494 e. The molecule has 3 rings (SSSR count). The zero-order valence-corrected chi connectivity index (χ0v) is 19.9. The highest BCUT2D eigenvalue weighted by molar-refractivity contribution is 7.92. The van der Waals surface area contributed by atoms with E-state index >= 15 is 0 Å². The molecule has 0 radical (unpaired) electrons. The maximum Gasteiger partial charge on any atom is 0.271 e. The van der Waals surface area contributed by atoms with Crippen molar-refractivity contribution in [2.75, 3.05) is 11.8 Å². The van der Waals surface area contributed by atoms with Crippen molar-refractivity contribution in [3.8, 4) is 5.75 Å². The molecule has 0 atom stereocenters. The summed E-state index contributed by atoms with van der Waals surface area (Å²) in [5.41, 5.74) is 2.97. The van der Waals surface area contributed by atoms with Gasteiger partial charge in [-0.2, -0.15) is 5.11 Å². The molecule has 0 spiro atoms. The van der Waals surface area contributed by atoms with E-state index in [0.717, 1.165) is 5.56 Å². The normalized spacial score (nSPS) is 11.5. The van der Waals surface area contributed by atoms with E-state index in [9.17, 15) is 18.5 Å². The van der Waals surface area contributed by atoms with Gasteiger partial charge in [0.1, 0.15) is 11.4 Å². The molecule has 1 N–H and O–H groups in total. The number of methoxy groups -OCH3 is 1. The lowest BCUT2D eigenvalue weighted by Crippen LogP contribution is -2.15. The van der Waals surface area contributed by atoms with Gasteiger partial charge in [-0.05, 0) is 50.1 Å². The number of nitrogens with one attached hydrogen (secondary N) is 1. The quantitative estimate of drug-likeness (QED) is 0.234. The van der Waals surface area contributed by atoms with Crippen molar-refractivity contribution in [1.29, 1.82) is 0 Å². The Balaban J connectivity index is 1.93. The van der Waals surface area contributed by atoms with Gasteiger partial charge in [-0.15, -0.1) is 5.11 Å². The van der Waals surface area contributed by atoms with Gasteiger partial charge < -0.3 is 4.74 Å². The molecule has 11 heteroatoms. The molecule has 0 amide bonds. The Morgan fingerprint density at radius 3 is 2.27 bits per heavy atom. The van der Waals surface area contributed by atoms with E-state index in [4.69, 9.17) is 16.3 Å². The van der Waals surface area contributed by atoms with E-state index < -0.39 is 14.9 Å². The first-order valence-corrected chi connectivity index (χ1v) is 11.5. The number of benzene rings is 3. The van der Waals surface area contributed by atoms with Gasteiger partial charge >= 0.3 is 0 Å². The van der Waals surface area contributed by atoms with Crippen molar-refractivity contribution in [2.45, 2.75) is 25.7 Å². The number of ether oxygens (including phenoxy) is 1. The van der Waals surface area contributed by atoms with Gasteiger partial charge in [0.2, 0.25) is 0 Å². The molecular weight excluding hydrogens is 468 g/mol. The van der Waals surface area contributed by atoms with Gasteiger partial charge in [0, 0.05) is 18.2 Å². The Hall–Kier alpha value is -3.50. The molecule has 0 aliphatic heterocycles. The fourth-order valence-electron chi connectivity index (χ4n) is 3.13. The standard InChI is InChI=1S/C22H21ClN4O5S/c1-13-5-8-22(15(3)9-13)33(30,31)26-20-10-14(2)19(12-21(20)32-4)25-24-18-7-6-16(27(28)29)11-17(18)23/h5-12,26H,1-4H3. The van der Waals surface area contributed by atoms with Crippen LogP contribution < -0.4 is 9.46 Å². The van der Waals surface area contributed by atoms with Gasteiger partial charge in [-0.1, -0.05) is 29.3 Å². The number of anilines is 1. The molecule has 0 fully saturated rings. The summed E-state index contributed by atoms with van der Waals surface area (Å²) in [6, 6.07) is 12.1. The number of nitro groups is 1. The molecule has 33 heavy (non-hydrogen) atoms. The second-order valence-corrected chi connectivity index (χ2v) is 9.36. The summed E-state index contributed by atoms with van der Waals surface area (Å²) in [5.74, 6) is 0.248. The second kappa shape index (κ2) is 9.55. The Morgan fingerprint density at radius 2 is 1.67 bits per heavy atom. The maximum absolute atomic E-state index is 13.0. The van der Waals surface area contributed by atoms with Crippen LogP contribution in [-0.4, -0.2) is 20.5 Å². The van der Waals surface area contributed by atoms with E-state index in [-0.39, 0.29) is 32.7 Å². The summed E-state index contributed by atoms with van der Waals surface area (Å²) in [7, 11) is -2.44. The molecule has 3 aromatic rings. The predicted octanol–water partition coefficient (Wildman–Crippen LogP) is 6.40. The fourth-order valence-corrected chi connectivity index (χ4v) is 4.63. The fraction of sp³-hybridized carbons (Fsp3) is 0.182. The maximum atomic E-state index is 13.0. The van der Waals surface area contributed by atoms with Crippen LogP contribution in [0, 0.1) is 30.9 Å². The lowest BCUT2D eigenvalue weighted by Gasteiger charge is -2.15. The zero-order chi connectivity index (χ0) is 24.3. The molecule has 9 nitrogen and oxygen atoms in total. The summed E-state index contributed by atoms with van der Waals surface area (Å²) in [5, 5.41) is 19.1. The highest BCUT2D eigenvalue weighted by Crippen LogP contribution is 2.36. The van der Waals surface area contributed by atoms with Crippen LogP contribution in [0.1, 0.15) is 16.7 Å². The van der Waals surface area contributed by atoms with E-state index in [2.05, 4.69) is 15.0 Å². The van der Waals surface area contributed by atoms with Crippen molar-refractivity contribution >= 4 is 44.4 Å². The van der Waals surface area contributed by atoms with E-state index in [1.807, 2.05) is 6.92 Å². The van der Waals surface area contributed by atoms with Crippen LogP contribution in [0.5, 0.6) is 5.75 Å². The van der Waals surface area contributed by atoms with Crippen LogP contribution in [0.25, 0.3) is 0 Å². The van der Waals surface area contributed by atoms with Crippen LogP contribution in [0.2, 0.25) is 5.02 Å². The Labute approximate surface area is 196 Å². The van der Waals surface area contributed by atoms with Gasteiger partial charge in [-0.3, -0.25) is 14.8 Å². The van der Waals surface area contributed by atoms with Gasteiger partial charge in [-0.25, -0.2) is 8.42 Å². The number of nitro benzene ring substituents is 1. The summed E-state index contributed by atoms with van der Waals surface area (Å²) >= 11 is 6.06. The molecule has 0 aliphatic carbocycles. The van der Waals surface area contributed by atoms with Gasteiger partial charge in [0.25, 0.3) is 15.7 Å². The number of non-ortho nitro benzene ring substituents is 1. The number of aryl methyl sites for hydroxylation is 3. The predicted molar refractivity (Wildman–Crippen MR) is 127 cm³/mol. The molecule has 0 saturated carbocycles. The molecule has 172 valence electrons. The molecule has 0 heterocycles. The third-order valence-electron chi connectivity index (χ3n) is 4.79. The number of nitrogens with zero attached hydrogens (tertiary/aromatic N) is 3. The SMILES string of the molecule is COc1cc(N=Nc2ccc([N+](=O)[O-])cc2Cl)c(C)cc1NS(=O)(=O)c1ccc(C)cc1C. The Kier molecular flexibility index (Phi) is 6.99. The molecule has 0 bridgehead atoms. The van der Waals surface area contributed by atoms with Crippen LogP contribution in [0.3, 0.4) is 0 Å². The second-order valence-electron chi connectivity index (χ2n) is 7.31. The van der Waals surface area contributed by atoms with Crippen LogP contribution >= 0.6 is 11.6 Å². The first-order chi connectivity index (χ1) is 15.5. The number of azo groups is 1. The van der Waals surface area contributed by atoms with E-state index in [1.165, 1.54) is 31.4 Å². The molecule has 0 aromatic heterocycles. The minimum absolute atomic E-state index is 0.0791. The van der Waals surface area contributed by atoms with Gasteiger partial charge in [0.15, 0.2) is 0 Å². The minimum atomic E-state index is -3.85. The van der Waals surface area contributed by atoms with E-state index in [0.29, 0.717) is 16.8 Å². The minimum Gasteiger partial charge on any atom is -0.494 e. The molecule has 3 aromatic carbocycles. The van der Waals surface area contributed by atoms with Crippen LogP contribution in [0.15, 0.2) is 63.7 Å². The number of hydrogen-bond donors (Lipinski definition) is 1. The zero-order valence-electron chi connectivity index (χ0n) is 18.3. The lowest BCUT2D eigenvalue weighted by atomic mass is 10.1.